The van der Waals surface area contributed by atoms with Crippen LogP contribution in [0.2, 0.25) is 0 Å². The van der Waals surface area contributed by atoms with E-state index in [0.29, 0.717) is 24.6 Å². The summed E-state index contributed by atoms with van der Waals surface area (Å²) in [4.78, 5) is 33.4. The van der Waals surface area contributed by atoms with Gasteiger partial charge in [0.2, 0.25) is 5.91 Å². The fourth-order valence-electron chi connectivity index (χ4n) is 3.00. The molecule has 130 valence electrons. The molecule has 3 amide bonds. The van der Waals surface area contributed by atoms with E-state index in [1.807, 2.05) is 11.8 Å². The van der Waals surface area contributed by atoms with Crippen LogP contribution in [-0.4, -0.2) is 52.6 Å². The molecule has 3 atom stereocenters. The summed E-state index contributed by atoms with van der Waals surface area (Å²) < 4.78 is 0. The van der Waals surface area contributed by atoms with Gasteiger partial charge < -0.3 is 21.1 Å². The van der Waals surface area contributed by atoms with E-state index >= 15 is 0 Å². The minimum Gasteiger partial charge on any atom is -0.481 e. The second-order valence-corrected chi connectivity index (χ2v) is 7.34. The molecule has 7 nitrogen and oxygen atoms in total. The second kappa shape index (κ2) is 9.00. The first-order valence-corrected chi connectivity index (χ1v) is 9.28. The summed E-state index contributed by atoms with van der Waals surface area (Å²) in [6.45, 7) is 0.612. The van der Waals surface area contributed by atoms with Gasteiger partial charge in [0.1, 0.15) is 0 Å². The first kappa shape index (κ1) is 17.9. The van der Waals surface area contributed by atoms with E-state index in [-0.39, 0.29) is 30.4 Å². The van der Waals surface area contributed by atoms with E-state index in [1.54, 1.807) is 0 Å². The first-order chi connectivity index (χ1) is 11.1. The van der Waals surface area contributed by atoms with Crippen molar-refractivity contribution in [3.8, 4) is 0 Å². The third-order valence-electron chi connectivity index (χ3n) is 4.22. The Hall–Kier alpha value is -1.44. The van der Waals surface area contributed by atoms with Gasteiger partial charge in [-0.3, -0.25) is 9.59 Å². The van der Waals surface area contributed by atoms with Crippen molar-refractivity contribution in [2.45, 2.75) is 62.3 Å². The Morgan fingerprint density at radius 3 is 2.78 bits per heavy atom. The number of amides is 3. The Bertz CT molecular complexity index is 446. The molecule has 23 heavy (non-hydrogen) atoms. The molecule has 2 heterocycles. The summed E-state index contributed by atoms with van der Waals surface area (Å²) in [6, 6.07) is 0.355. The zero-order valence-electron chi connectivity index (χ0n) is 13.2. The first-order valence-electron chi connectivity index (χ1n) is 8.23. The Morgan fingerprint density at radius 1 is 1.17 bits per heavy atom. The number of hydrogen-bond donors (Lipinski definition) is 4. The van der Waals surface area contributed by atoms with Gasteiger partial charge in [-0.2, -0.15) is 11.8 Å². The molecule has 0 aromatic carbocycles. The normalized spacial score (nSPS) is 25.6. The second-order valence-electron chi connectivity index (χ2n) is 6.07. The Labute approximate surface area is 140 Å². The van der Waals surface area contributed by atoms with Gasteiger partial charge in [0.05, 0.1) is 12.1 Å². The molecule has 0 aromatic heterocycles. The molecule has 0 aromatic rings. The van der Waals surface area contributed by atoms with E-state index < -0.39 is 5.97 Å². The van der Waals surface area contributed by atoms with Gasteiger partial charge in [0.25, 0.3) is 0 Å². The van der Waals surface area contributed by atoms with Crippen molar-refractivity contribution in [3.63, 3.8) is 0 Å². The van der Waals surface area contributed by atoms with Crippen LogP contribution in [0, 0.1) is 0 Å². The number of hydrogen-bond acceptors (Lipinski definition) is 4. The number of aliphatic carboxylic acids is 1. The molecule has 0 bridgehead atoms. The van der Waals surface area contributed by atoms with Crippen molar-refractivity contribution in [3.05, 3.63) is 0 Å². The van der Waals surface area contributed by atoms with Crippen LogP contribution in [0.1, 0.15) is 44.9 Å². The lowest BCUT2D eigenvalue weighted by Gasteiger charge is -2.16. The van der Waals surface area contributed by atoms with Crippen molar-refractivity contribution in [2.75, 3.05) is 12.3 Å². The van der Waals surface area contributed by atoms with Gasteiger partial charge in [-0.1, -0.05) is 6.42 Å². The molecular weight excluding hydrogens is 318 g/mol. The smallest absolute Gasteiger partial charge is 0.315 e. The van der Waals surface area contributed by atoms with Gasteiger partial charge in [-0.25, -0.2) is 4.79 Å². The van der Waals surface area contributed by atoms with Gasteiger partial charge in [-0.15, -0.1) is 0 Å². The predicted octanol–water partition coefficient (Wildman–Crippen LogP) is 1.08. The fourth-order valence-corrected chi connectivity index (χ4v) is 4.54. The highest BCUT2D eigenvalue weighted by molar-refractivity contribution is 8.00. The maximum absolute atomic E-state index is 11.7. The molecule has 3 unspecified atom stereocenters. The lowest BCUT2D eigenvalue weighted by atomic mass is 10.0. The third kappa shape index (κ3) is 5.93. The number of carbonyl (C=O) groups is 3. The number of carbonyl (C=O) groups excluding carboxylic acids is 2. The topological polar surface area (TPSA) is 108 Å². The summed E-state index contributed by atoms with van der Waals surface area (Å²) in [5.74, 6) is 0.224. The maximum Gasteiger partial charge on any atom is 0.315 e. The summed E-state index contributed by atoms with van der Waals surface area (Å²) in [6.07, 6.45) is 4.75. The average molecular weight is 343 g/mol. The molecule has 2 aliphatic rings. The highest BCUT2D eigenvalue weighted by atomic mass is 32.2. The fraction of sp³-hybridized carbons (Fsp3) is 0.800. The Kier molecular flexibility index (Phi) is 7.01. The van der Waals surface area contributed by atoms with Crippen LogP contribution in [0.25, 0.3) is 0 Å². The van der Waals surface area contributed by atoms with Crippen LogP contribution in [0.5, 0.6) is 0 Å². The number of thioether (sulfide) groups is 1. The Balaban J connectivity index is 1.49. The van der Waals surface area contributed by atoms with E-state index in [4.69, 9.17) is 5.11 Å². The van der Waals surface area contributed by atoms with E-state index in [2.05, 4.69) is 16.0 Å². The van der Waals surface area contributed by atoms with Gasteiger partial charge >= 0.3 is 12.0 Å². The number of unbranched alkanes of at least 4 members (excludes halogenated alkanes) is 2. The molecule has 2 fully saturated rings. The molecule has 0 aliphatic carbocycles. The molecule has 8 heteroatoms. The van der Waals surface area contributed by atoms with Crippen LogP contribution in [0.15, 0.2) is 0 Å². The highest BCUT2D eigenvalue weighted by Gasteiger charge is 2.42. The lowest BCUT2D eigenvalue weighted by molar-refractivity contribution is -0.137. The van der Waals surface area contributed by atoms with E-state index in [1.165, 1.54) is 0 Å². The average Bonchev–Trinajstić information content (AvgIpc) is 3.02. The van der Waals surface area contributed by atoms with Crippen molar-refractivity contribution in [1.82, 2.24) is 16.0 Å². The quantitative estimate of drug-likeness (QED) is 0.351. The number of carboxylic acid groups (broad SMARTS) is 1. The zero-order chi connectivity index (χ0) is 16.7. The minimum atomic E-state index is -0.769. The van der Waals surface area contributed by atoms with Gasteiger partial charge in [0.15, 0.2) is 0 Å². The number of fused-ring (bicyclic) bond motifs is 1. The molecule has 2 aliphatic heterocycles. The van der Waals surface area contributed by atoms with Crippen LogP contribution in [0.4, 0.5) is 4.79 Å². The standard InChI is InChI=1S/C15H25N3O4S/c19-12(16-8-3-1-2-7-13(20)21)6-4-5-11-14-10(9-23-11)17-15(22)18-14/h10-11,14H,1-9H2,(H,16,19)(H,20,21)(H2,17,18,22). The van der Waals surface area contributed by atoms with Gasteiger partial charge in [-0.05, 0) is 25.7 Å². The number of carboxylic acids is 1. The van der Waals surface area contributed by atoms with E-state index in [0.717, 1.165) is 31.4 Å². The van der Waals surface area contributed by atoms with E-state index in [9.17, 15) is 14.4 Å². The molecule has 2 rings (SSSR count). The molecule has 0 saturated carbocycles. The number of urea groups is 1. The summed E-state index contributed by atoms with van der Waals surface area (Å²) in [7, 11) is 0. The maximum atomic E-state index is 11.7. The van der Waals surface area contributed by atoms with Gasteiger partial charge in [0, 0.05) is 30.4 Å². The molecule has 4 N–H and O–H groups in total. The van der Waals surface area contributed by atoms with Crippen LogP contribution < -0.4 is 16.0 Å². The highest BCUT2D eigenvalue weighted by Crippen LogP contribution is 2.32. The largest absolute Gasteiger partial charge is 0.481 e. The van der Waals surface area contributed by atoms with Crippen molar-refractivity contribution in [2.24, 2.45) is 0 Å². The molecule has 2 saturated heterocycles. The van der Waals surface area contributed by atoms with Crippen molar-refractivity contribution >= 4 is 29.7 Å². The summed E-state index contributed by atoms with van der Waals surface area (Å²) in [5.41, 5.74) is 0. The van der Waals surface area contributed by atoms with Crippen LogP contribution >= 0.6 is 11.8 Å². The monoisotopic (exact) mass is 343 g/mol. The summed E-state index contributed by atoms with van der Waals surface area (Å²) >= 11 is 1.86. The van der Waals surface area contributed by atoms with Crippen LogP contribution in [0.3, 0.4) is 0 Å². The minimum absolute atomic E-state index is 0.0522. The lowest BCUT2D eigenvalue weighted by Crippen LogP contribution is -2.37. The SMILES string of the molecule is O=C(O)CCCCCNC(=O)CCCC1SCC2NC(=O)NC21. The number of rotatable bonds is 10. The molecular formula is C15H25N3O4S. The summed E-state index contributed by atoms with van der Waals surface area (Å²) in [5, 5.41) is 17.6. The Morgan fingerprint density at radius 2 is 2.00 bits per heavy atom. The van der Waals surface area contributed by atoms with Crippen LogP contribution in [-0.2, 0) is 9.59 Å². The third-order valence-corrected chi connectivity index (χ3v) is 5.73. The zero-order valence-corrected chi connectivity index (χ0v) is 14.0. The van der Waals surface area contributed by atoms with Crippen molar-refractivity contribution < 1.29 is 19.5 Å². The number of nitrogens with one attached hydrogen (secondary N) is 3. The predicted molar refractivity (Wildman–Crippen MR) is 88.5 cm³/mol. The molecule has 0 spiro atoms. The molecule has 0 radical (unpaired) electrons. The van der Waals surface area contributed by atoms with Crippen molar-refractivity contribution in [1.29, 1.82) is 0 Å².